The molecular formula is C15H20O3. The van der Waals surface area contributed by atoms with E-state index in [0.717, 1.165) is 12.0 Å². The molecular weight excluding hydrogens is 228 g/mol. The molecule has 0 spiro atoms. The van der Waals surface area contributed by atoms with E-state index < -0.39 is 5.60 Å². The lowest BCUT2D eigenvalue weighted by Gasteiger charge is -2.28. The number of hydrogen-bond acceptors (Lipinski definition) is 3. The highest BCUT2D eigenvalue weighted by molar-refractivity contribution is 5.63. The number of benzene rings is 1. The lowest BCUT2D eigenvalue weighted by atomic mass is 9.81. The molecule has 1 unspecified atom stereocenters. The minimum absolute atomic E-state index is 0.133. The summed E-state index contributed by atoms with van der Waals surface area (Å²) in [5.41, 5.74) is 2.18. The molecule has 0 fully saturated rings. The SMILES string of the molecule is C[C@@H]1CC=Cc2c1ccc(C(C)(O)CO)c2CO. The fourth-order valence-electron chi connectivity index (χ4n) is 2.59. The summed E-state index contributed by atoms with van der Waals surface area (Å²) < 4.78 is 0. The lowest BCUT2D eigenvalue weighted by Crippen LogP contribution is -2.28. The highest BCUT2D eigenvalue weighted by Gasteiger charge is 2.28. The first-order chi connectivity index (χ1) is 8.51. The van der Waals surface area contributed by atoms with Gasteiger partial charge in [0.15, 0.2) is 0 Å². The highest BCUT2D eigenvalue weighted by Crippen LogP contribution is 2.36. The maximum absolute atomic E-state index is 10.2. The normalized spacial score (nSPS) is 21.5. The van der Waals surface area contributed by atoms with Gasteiger partial charge >= 0.3 is 0 Å². The van der Waals surface area contributed by atoms with Crippen LogP contribution in [0.3, 0.4) is 0 Å². The van der Waals surface area contributed by atoms with E-state index in [1.807, 2.05) is 18.2 Å². The molecule has 0 aliphatic heterocycles. The molecule has 0 amide bonds. The zero-order chi connectivity index (χ0) is 13.3. The van der Waals surface area contributed by atoms with Crippen LogP contribution in [0.2, 0.25) is 0 Å². The van der Waals surface area contributed by atoms with Crippen molar-refractivity contribution in [1.29, 1.82) is 0 Å². The van der Waals surface area contributed by atoms with Crippen molar-refractivity contribution in [1.82, 2.24) is 0 Å². The molecule has 0 bridgehead atoms. The maximum Gasteiger partial charge on any atom is 0.110 e. The van der Waals surface area contributed by atoms with Gasteiger partial charge in [-0.2, -0.15) is 0 Å². The molecule has 3 nitrogen and oxygen atoms in total. The third kappa shape index (κ3) is 2.09. The second-order valence-corrected chi connectivity index (χ2v) is 5.22. The summed E-state index contributed by atoms with van der Waals surface area (Å²) >= 11 is 0. The molecule has 2 rings (SSSR count). The molecule has 98 valence electrons. The molecule has 0 saturated carbocycles. The number of aliphatic hydroxyl groups excluding tert-OH is 2. The first-order valence-corrected chi connectivity index (χ1v) is 6.28. The molecule has 0 aromatic heterocycles. The number of hydrogen-bond donors (Lipinski definition) is 3. The average molecular weight is 248 g/mol. The van der Waals surface area contributed by atoms with Crippen molar-refractivity contribution in [2.45, 2.75) is 38.4 Å². The number of rotatable bonds is 3. The second-order valence-electron chi connectivity index (χ2n) is 5.22. The summed E-state index contributed by atoms with van der Waals surface area (Å²) in [4.78, 5) is 0. The summed E-state index contributed by atoms with van der Waals surface area (Å²) in [5.74, 6) is 0.420. The minimum Gasteiger partial charge on any atom is -0.393 e. The predicted octanol–water partition coefficient (Wildman–Crippen LogP) is 1.90. The standard InChI is InChI=1S/C15H20O3/c1-10-4-3-5-12-11(10)6-7-14(13(12)8-16)15(2,18)9-17/h3,5-7,10,16-18H,4,8-9H2,1-2H3/t10-,15?/m1/s1. The van der Waals surface area contributed by atoms with Crippen molar-refractivity contribution in [3.8, 4) is 0 Å². The molecule has 0 saturated heterocycles. The molecule has 1 aliphatic carbocycles. The van der Waals surface area contributed by atoms with Gasteiger partial charge in [-0.05, 0) is 41.5 Å². The Morgan fingerprint density at radius 2 is 2.06 bits per heavy atom. The Balaban J connectivity index is 2.63. The van der Waals surface area contributed by atoms with Crippen molar-refractivity contribution < 1.29 is 15.3 Å². The molecule has 3 N–H and O–H groups in total. The van der Waals surface area contributed by atoms with Gasteiger partial charge in [-0.3, -0.25) is 0 Å². The van der Waals surface area contributed by atoms with Crippen LogP contribution in [0.15, 0.2) is 18.2 Å². The Bertz CT molecular complexity index is 475. The summed E-state index contributed by atoms with van der Waals surface area (Å²) in [7, 11) is 0. The Labute approximate surface area is 107 Å². The van der Waals surface area contributed by atoms with Crippen LogP contribution in [-0.4, -0.2) is 21.9 Å². The smallest absolute Gasteiger partial charge is 0.110 e. The Hall–Kier alpha value is -1.16. The van der Waals surface area contributed by atoms with Gasteiger partial charge in [0.25, 0.3) is 0 Å². The molecule has 18 heavy (non-hydrogen) atoms. The van der Waals surface area contributed by atoms with E-state index in [-0.39, 0.29) is 13.2 Å². The summed E-state index contributed by atoms with van der Waals surface area (Å²) in [6.07, 6.45) is 5.08. The van der Waals surface area contributed by atoms with E-state index in [9.17, 15) is 15.3 Å². The van der Waals surface area contributed by atoms with Crippen LogP contribution in [0.1, 0.15) is 48.4 Å². The molecule has 0 radical (unpaired) electrons. The fourth-order valence-corrected chi connectivity index (χ4v) is 2.59. The quantitative estimate of drug-likeness (QED) is 0.765. The van der Waals surface area contributed by atoms with E-state index in [2.05, 4.69) is 13.0 Å². The van der Waals surface area contributed by atoms with Crippen molar-refractivity contribution in [3.63, 3.8) is 0 Å². The van der Waals surface area contributed by atoms with Crippen LogP contribution in [0.25, 0.3) is 6.08 Å². The second kappa shape index (κ2) is 4.84. The first kappa shape index (κ1) is 13.3. The van der Waals surface area contributed by atoms with Gasteiger partial charge in [0.1, 0.15) is 5.60 Å². The van der Waals surface area contributed by atoms with Crippen LogP contribution < -0.4 is 0 Å². The van der Waals surface area contributed by atoms with Gasteiger partial charge in [0.05, 0.1) is 13.2 Å². The van der Waals surface area contributed by atoms with Crippen molar-refractivity contribution in [2.24, 2.45) is 0 Å². The van der Waals surface area contributed by atoms with E-state index in [4.69, 9.17) is 0 Å². The summed E-state index contributed by atoms with van der Waals surface area (Å²) in [6, 6.07) is 3.80. The third-order valence-corrected chi connectivity index (χ3v) is 3.74. The Morgan fingerprint density at radius 3 is 2.67 bits per heavy atom. The molecule has 0 heterocycles. The monoisotopic (exact) mass is 248 g/mol. The molecule has 3 heteroatoms. The van der Waals surface area contributed by atoms with E-state index in [1.54, 1.807) is 6.92 Å². The molecule has 1 aliphatic rings. The van der Waals surface area contributed by atoms with Crippen molar-refractivity contribution in [2.75, 3.05) is 6.61 Å². The van der Waals surface area contributed by atoms with Crippen LogP contribution in [-0.2, 0) is 12.2 Å². The van der Waals surface area contributed by atoms with E-state index in [0.29, 0.717) is 17.0 Å². The van der Waals surface area contributed by atoms with Gasteiger partial charge in [-0.15, -0.1) is 0 Å². The Kier molecular flexibility index (Phi) is 3.57. The molecule has 1 aromatic rings. The summed E-state index contributed by atoms with van der Waals surface area (Å²) in [6.45, 7) is 3.21. The predicted molar refractivity (Wildman–Crippen MR) is 71.1 cm³/mol. The molecule has 1 aromatic carbocycles. The minimum atomic E-state index is -1.32. The van der Waals surface area contributed by atoms with Gasteiger partial charge in [0, 0.05) is 0 Å². The maximum atomic E-state index is 10.2. The highest BCUT2D eigenvalue weighted by atomic mass is 16.3. The third-order valence-electron chi connectivity index (χ3n) is 3.74. The van der Waals surface area contributed by atoms with Crippen molar-refractivity contribution in [3.05, 3.63) is 40.5 Å². The van der Waals surface area contributed by atoms with Crippen LogP contribution in [0, 0.1) is 0 Å². The van der Waals surface area contributed by atoms with E-state index >= 15 is 0 Å². The van der Waals surface area contributed by atoms with Crippen LogP contribution in [0.4, 0.5) is 0 Å². The average Bonchev–Trinajstić information content (AvgIpc) is 2.37. The molecule has 2 atom stereocenters. The Morgan fingerprint density at radius 1 is 1.33 bits per heavy atom. The van der Waals surface area contributed by atoms with E-state index in [1.165, 1.54) is 5.56 Å². The van der Waals surface area contributed by atoms with Crippen molar-refractivity contribution >= 4 is 6.08 Å². The number of allylic oxidation sites excluding steroid dienone is 1. The van der Waals surface area contributed by atoms with Gasteiger partial charge in [-0.1, -0.05) is 31.2 Å². The largest absolute Gasteiger partial charge is 0.393 e. The van der Waals surface area contributed by atoms with Gasteiger partial charge in [-0.25, -0.2) is 0 Å². The fraction of sp³-hybridized carbons (Fsp3) is 0.467. The van der Waals surface area contributed by atoms with Gasteiger partial charge in [0.2, 0.25) is 0 Å². The topological polar surface area (TPSA) is 60.7 Å². The van der Waals surface area contributed by atoms with Gasteiger partial charge < -0.3 is 15.3 Å². The zero-order valence-electron chi connectivity index (χ0n) is 10.8. The van der Waals surface area contributed by atoms with Crippen LogP contribution in [0.5, 0.6) is 0 Å². The number of fused-ring (bicyclic) bond motifs is 1. The first-order valence-electron chi connectivity index (χ1n) is 6.28. The zero-order valence-corrected chi connectivity index (χ0v) is 10.8. The van der Waals surface area contributed by atoms with Crippen LogP contribution >= 0.6 is 0 Å². The summed E-state index contributed by atoms with van der Waals surface area (Å²) in [5, 5.41) is 29.1. The lowest BCUT2D eigenvalue weighted by molar-refractivity contribution is -0.00381. The number of aliphatic hydroxyl groups is 3.